The van der Waals surface area contributed by atoms with Crippen molar-refractivity contribution in [3.8, 4) is 0 Å². The molecule has 0 aromatic heterocycles. The predicted octanol–water partition coefficient (Wildman–Crippen LogP) is 2.30. The number of hydrogen-bond donors (Lipinski definition) is 1. The smallest absolute Gasteiger partial charge is 0.0177 e. The van der Waals surface area contributed by atoms with Gasteiger partial charge in [-0.2, -0.15) is 0 Å². The van der Waals surface area contributed by atoms with Gasteiger partial charge in [-0.05, 0) is 25.2 Å². The third kappa shape index (κ3) is 1.20. The molecule has 1 rings (SSSR count). The van der Waals surface area contributed by atoms with Crippen LogP contribution in [0.4, 0.5) is 0 Å². The van der Waals surface area contributed by atoms with Gasteiger partial charge >= 0.3 is 0 Å². The second kappa shape index (κ2) is 2.23. The van der Waals surface area contributed by atoms with Crippen LogP contribution in [0.2, 0.25) is 0 Å². The second-order valence-corrected chi connectivity index (χ2v) is 4.51. The van der Waals surface area contributed by atoms with E-state index in [4.69, 9.17) is 5.73 Å². The minimum Gasteiger partial charge on any atom is -0.325 e. The first-order valence-electron chi connectivity index (χ1n) is 4.25. The molecule has 0 aliphatic heterocycles. The lowest BCUT2D eigenvalue weighted by atomic mass is 9.65. The first-order valence-corrected chi connectivity index (χ1v) is 4.25. The minimum atomic E-state index is 0.0747. The zero-order valence-corrected chi connectivity index (χ0v) is 7.41. The van der Waals surface area contributed by atoms with Crippen LogP contribution >= 0.6 is 0 Å². The predicted molar refractivity (Wildman–Crippen MR) is 44.8 cm³/mol. The minimum absolute atomic E-state index is 0.0747. The Morgan fingerprint density at radius 3 is 1.80 bits per heavy atom. The fraction of sp³-hybridized carbons (Fsp3) is 1.00. The van der Waals surface area contributed by atoms with Gasteiger partial charge in [0.2, 0.25) is 0 Å². The van der Waals surface area contributed by atoms with Crippen molar-refractivity contribution in [2.45, 2.75) is 52.0 Å². The average molecular weight is 141 g/mol. The van der Waals surface area contributed by atoms with Crippen molar-refractivity contribution in [3.63, 3.8) is 0 Å². The van der Waals surface area contributed by atoms with Crippen LogP contribution < -0.4 is 5.73 Å². The molecule has 60 valence electrons. The van der Waals surface area contributed by atoms with Gasteiger partial charge in [0.25, 0.3) is 0 Å². The Labute approximate surface area is 64.0 Å². The van der Waals surface area contributed by atoms with E-state index in [0.717, 1.165) is 0 Å². The summed E-state index contributed by atoms with van der Waals surface area (Å²) in [5.74, 6) is 0. The van der Waals surface area contributed by atoms with Crippen LogP contribution in [0.25, 0.3) is 0 Å². The topological polar surface area (TPSA) is 26.0 Å². The van der Waals surface area contributed by atoms with E-state index in [2.05, 4.69) is 20.8 Å². The van der Waals surface area contributed by atoms with Crippen molar-refractivity contribution >= 4 is 0 Å². The third-order valence-corrected chi connectivity index (χ3v) is 3.29. The molecular formula is C9H19N. The van der Waals surface area contributed by atoms with Crippen LogP contribution in [-0.4, -0.2) is 5.54 Å². The van der Waals surface area contributed by atoms with Crippen molar-refractivity contribution in [2.24, 2.45) is 11.1 Å². The van der Waals surface area contributed by atoms with Crippen LogP contribution in [0.15, 0.2) is 0 Å². The summed E-state index contributed by atoms with van der Waals surface area (Å²) in [5.41, 5.74) is 6.58. The molecule has 0 aromatic carbocycles. The molecule has 2 N–H and O–H groups in total. The van der Waals surface area contributed by atoms with E-state index in [1.165, 1.54) is 25.7 Å². The Morgan fingerprint density at radius 2 is 1.50 bits per heavy atom. The maximum atomic E-state index is 6.16. The first-order chi connectivity index (χ1) is 4.46. The zero-order valence-electron chi connectivity index (χ0n) is 7.41. The molecule has 1 atom stereocenters. The molecule has 10 heavy (non-hydrogen) atoms. The van der Waals surface area contributed by atoms with Crippen molar-refractivity contribution in [2.75, 3.05) is 0 Å². The average Bonchev–Trinajstić information content (AvgIpc) is 1.77. The summed E-state index contributed by atoms with van der Waals surface area (Å²) >= 11 is 0. The van der Waals surface area contributed by atoms with Gasteiger partial charge in [-0.1, -0.05) is 26.7 Å². The van der Waals surface area contributed by atoms with Crippen LogP contribution in [0, 0.1) is 5.41 Å². The van der Waals surface area contributed by atoms with E-state index in [-0.39, 0.29) is 5.54 Å². The molecule has 0 radical (unpaired) electrons. The Kier molecular flexibility index (Phi) is 1.80. The fourth-order valence-corrected chi connectivity index (χ4v) is 1.68. The van der Waals surface area contributed by atoms with Crippen molar-refractivity contribution < 1.29 is 0 Å². The molecule has 1 saturated carbocycles. The van der Waals surface area contributed by atoms with Crippen molar-refractivity contribution in [1.29, 1.82) is 0 Å². The van der Waals surface area contributed by atoms with E-state index in [0.29, 0.717) is 5.41 Å². The summed E-state index contributed by atoms with van der Waals surface area (Å²) in [4.78, 5) is 0. The lowest BCUT2D eigenvalue weighted by Crippen LogP contribution is -2.51. The fourth-order valence-electron chi connectivity index (χ4n) is 1.68. The Balaban J connectivity index is 2.70. The van der Waals surface area contributed by atoms with Crippen molar-refractivity contribution in [3.05, 3.63) is 0 Å². The summed E-state index contributed by atoms with van der Waals surface area (Å²) in [6.07, 6.45) is 5.16. The molecule has 0 heterocycles. The quantitative estimate of drug-likeness (QED) is 0.550. The van der Waals surface area contributed by atoms with Gasteiger partial charge in [-0.3, -0.25) is 0 Å². The molecular weight excluding hydrogens is 122 g/mol. The molecule has 1 aliphatic carbocycles. The standard InChI is InChI=1S/C9H19N/c1-8(2)6-4-5-7-9(8,3)10/h4-7,10H2,1-3H3. The van der Waals surface area contributed by atoms with Gasteiger partial charge in [-0.25, -0.2) is 0 Å². The van der Waals surface area contributed by atoms with Crippen LogP contribution in [0.3, 0.4) is 0 Å². The number of rotatable bonds is 0. The summed E-state index contributed by atoms with van der Waals surface area (Å²) in [6, 6.07) is 0. The summed E-state index contributed by atoms with van der Waals surface area (Å²) < 4.78 is 0. The second-order valence-electron chi connectivity index (χ2n) is 4.51. The maximum Gasteiger partial charge on any atom is 0.0177 e. The number of hydrogen-bond acceptors (Lipinski definition) is 1. The van der Waals surface area contributed by atoms with E-state index < -0.39 is 0 Å². The Bertz CT molecular complexity index is 109. The molecule has 1 nitrogen and oxygen atoms in total. The summed E-state index contributed by atoms with van der Waals surface area (Å²) in [7, 11) is 0. The highest BCUT2D eigenvalue weighted by atomic mass is 14.8. The maximum absolute atomic E-state index is 6.16. The molecule has 0 spiro atoms. The van der Waals surface area contributed by atoms with Gasteiger partial charge in [-0.15, -0.1) is 0 Å². The highest BCUT2D eigenvalue weighted by molar-refractivity contribution is 4.96. The Morgan fingerprint density at radius 1 is 1.00 bits per heavy atom. The molecule has 0 amide bonds. The van der Waals surface area contributed by atoms with Crippen LogP contribution in [0.5, 0.6) is 0 Å². The summed E-state index contributed by atoms with van der Waals surface area (Å²) in [6.45, 7) is 6.75. The molecule has 1 aliphatic rings. The van der Waals surface area contributed by atoms with E-state index in [9.17, 15) is 0 Å². The molecule has 1 fully saturated rings. The lowest BCUT2D eigenvalue weighted by molar-refractivity contribution is 0.116. The van der Waals surface area contributed by atoms with Crippen LogP contribution in [-0.2, 0) is 0 Å². The third-order valence-electron chi connectivity index (χ3n) is 3.29. The largest absolute Gasteiger partial charge is 0.325 e. The molecule has 0 aromatic rings. The van der Waals surface area contributed by atoms with E-state index in [1.54, 1.807) is 0 Å². The highest BCUT2D eigenvalue weighted by Crippen LogP contribution is 2.41. The number of nitrogens with two attached hydrogens (primary N) is 1. The van der Waals surface area contributed by atoms with Crippen LogP contribution in [0.1, 0.15) is 46.5 Å². The Hall–Kier alpha value is -0.0400. The van der Waals surface area contributed by atoms with Crippen molar-refractivity contribution in [1.82, 2.24) is 0 Å². The molecule has 1 heteroatoms. The molecule has 0 saturated heterocycles. The SMILES string of the molecule is CC1(C)CCCCC1(C)N. The first kappa shape index (κ1) is 8.06. The van der Waals surface area contributed by atoms with Gasteiger partial charge < -0.3 is 5.73 Å². The normalized spacial score (nSPS) is 39.6. The van der Waals surface area contributed by atoms with E-state index >= 15 is 0 Å². The van der Waals surface area contributed by atoms with Gasteiger partial charge in [0.1, 0.15) is 0 Å². The van der Waals surface area contributed by atoms with Gasteiger partial charge in [0.15, 0.2) is 0 Å². The molecule has 1 unspecified atom stereocenters. The lowest BCUT2D eigenvalue weighted by Gasteiger charge is -2.45. The van der Waals surface area contributed by atoms with E-state index in [1.807, 2.05) is 0 Å². The van der Waals surface area contributed by atoms with Gasteiger partial charge in [0, 0.05) is 5.54 Å². The molecule has 0 bridgehead atoms. The highest BCUT2D eigenvalue weighted by Gasteiger charge is 2.39. The van der Waals surface area contributed by atoms with Gasteiger partial charge in [0.05, 0.1) is 0 Å². The summed E-state index contributed by atoms with van der Waals surface area (Å²) in [5, 5.41) is 0. The zero-order chi connectivity index (χ0) is 7.83. The monoisotopic (exact) mass is 141 g/mol.